The Bertz CT molecular complexity index is 587. The molecule has 0 saturated carbocycles. The van der Waals surface area contributed by atoms with Crippen molar-refractivity contribution in [3.05, 3.63) is 51.0 Å². The van der Waals surface area contributed by atoms with Gasteiger partial charge in [0.1, 0.15) is 5.03 Å². The van der Waals surface area contributed by atoms with E-state index in [0.29, 0.717) is 4.47 Å². The lowest BCUT2D eigenvalue weighted by atomic mass is 10.2. The van der Waals surface area contributed by atoms with Crippen molar-refractivity contribution in [2.75, 3.05) is 0 Å². The first-order chi connectivity index (χ1) is 8.56. The number of carbonyl (C=O) groups is 1. The lowest BCUT2D eigenvalue weighted by molar-refractivity contribution is 0.0696. The van der Waals surface area contributed by atoms with Gasteiger partial charge in [-0.3, -0.25) is 0 Å². The van der Waals surface area contributed by atoms with Crippen molar-refractivity contribution >= 4 is 49.6 Å². The number of aromatic carboxylic acids is 1. The molecule has 0 saturated heterocycles. The first-order valence-corrected chi connectivity index (χ1v) is 7.29. The molecule has 0 aliphatic carbocycles. The molecular weight excluding hydrogens is 382 g/mol. The number of carboxylic acid groups (broad SMARTS) is 1. The van der Waals surface area contributed by atoms with E-state index >= 15 is 0 Å². The standard InChI is InChI=1S/C12H7Br2NO2S/c13-7-1-4-11(15-6-7)18-8-2-3-9(12(16)17)10(14)5-8/h1-6H,(H,16,17). The van der Waals surface area contributed by atoms with Crippen molar-refractivity contribution in [1.82, 2.24) is 4.98 Å². The minimum atomic E-state index is -0.944. The molecule has 18 heavy (non-hydrogen) atoms. The summed E-state index contributed by atoms with van der Waals surface area (Å²) >= 11 is 8.05. The summed E-state index contributed by atoms with van der Waals surface area (Å²) in [4.78, 5) is 16.1. The molecule has 0 unspecified atom stereocenters. The molecule has 1 heterocycles. The normalized spacial score (nSPS) is 10.3. The van der Waals surface area contributed by atoms with E-state index in [9.17, 15) is 4.79 Å². The molecule has 0 aliphatic heterocycles. The predicted octanol–water partition coefficient (Wildman–Crippen LogP) is 4.46. The van der Waals surface area contributed by atoms with E-state index in [4.69, 9.17) is 5.11 Å². The van der Waals surface area contributed by atoms with Crippen LogP contribution in [0.4, 0.5) is 0 Å². The Morgan fingerprint density at radius 2 is 2.00 bits per heavy atom. The van der Waals surface area contributed by atoms with Crippen molar-refractivity contribution in [3.63, 3.8) is 0 Å². The number of benzene rings is 1. The van der Waals surface area contributed by atoms with Gasteiger partial charge in [0, 0.05) is 20.0 Å². The average Bonchev–Trinajstić information content (AvgIpc) is 2.32. The highest BCUT2D eigenvalue weighted by Gasteiger charge is 2.09. The van der Waals surface area contributed by atoms with Crippen molar-refractivity contribution < 1.29 is 9.90 Å². The van der Waals surface area contributed by atoms with Gasteiger partial charge in [-0.15, -0.1) is 0 Å². The van der Waals surface area contributed by atoms with Crippen LogP contribution in [-0.2, 0) is 0 Å². The van der Waals surface area contributed by atoms with E-state index in [1.54, 1.807) is 24.4 Å². The summed E-state index contributed by atoms with van der Waals surface area (Å²) in [6, 6.07) is 8.93. The van der Waals surface area contributed by atoms with E-state index < -0.39 is 5.97 Å². The van der Waals surface area contributed by atoms with Crippen molar-refractivity contribution in [2.24, 2.45) is 0 Å². The molecule has 2 rings (SSSR count). The zero-order valence-corrected chi connectivity index (χ0v) is 12.9. The lowest BCUT2D eigenvalue weighted by Crippen LogP contribution is -1.97. The minimum absolute atomic E-state index is 0.253. The van der Waals surface area contributed by atoms with Gasteiger partial charge in [-0.2, -0.15) is 0 Å². The third-order valence-electron chi connectivity index (χ3n) is 2.09. The van der Waals surface area contributed by atoms with Crippen LogP contribution in [0, 0.1) is 0 Å². The van der Waals surface area contributed by atoms with Gasteiger partial charge < -0.3 is 5.11 Å². The van der Waals surface area contributed by atoms with Crippen LogP contribution >= 0.6 is 43.6 Å². The molecule has 6 heteroatoms. The highest BCUT2D eigenvalue weighted by atomic mass is 79.9. The third kappa shape index (κ3) is 3.34. The molecule has 2 aromatic rings. The summed E-state index contributed by atoms with van der Waals surface area (Å²) < 4.78 is 1.49. The fraction of sp³-hybridized carbons (Fsp3) is 0. The molecule has 1 aromatic carbocycles. The van der Waals surface area contributed by atoms with Crippen LogP contribution < -0.4 is 0 Å². The van der Waals surface area contributed by atoms with Crippen molar-refractivity contribution in [2.45, 2.75) is 9.92 Å². The lowest BCUT2D eigenvalue weighted by Gasteiger charge is -2.04. The second-order valence-corrected chi connectivity index (χ2v) is 6.23. The highest BCUT2D eigenvalue weighted by Crippen LogP contribution is 2.30. The monoisotopic (exact) mass is 387 g/mol. The average molecular weight is 389 g/mol. The number of carboxylic acids is 1. The van der Waals surface area contributed by atoms with Crippen LogP contribution in [0.5, 0.6) is 0 Å². The Kier molecular flexibility index (Phi) is 4.42. The Labute approximate surface area is 125 Å². The second-order valence-electron chi connectivity index (χ2n) is 3.36. The number of nitrogens with zero attached hydrogens (tertiary/aromatic N) is 1. The van der Waals surface area contributed by atoms with Crippen molar-refractivity contribution in [1.29, 1.82) is 0 Å². The molecule has 0 spiro atoms. The van der Waals surface area contributed by atoms with Gasteiger partial charge >= 0.3 is 5.97 Å². The Morgan fingerprint density at radius 3 is 2.56 bits per heavy atom. The molecule has 0 fully saturated rings. The van der Waals surface area contributed by atoms with E-state index in [1.165, 1.54) is 11.8 Å². The number of halogens is 2. The summed E-state index contributed by atoms with van der Waals surface area (Å²) in [6.45, 7) is 0. The topological polar surface area (TPSA) is 50.2 Å². The van der Waals surface area contributed by atoms with Crippen LogP contribution in [0.3, 0.4) is 0 Å². The molecule has 0 bridgehead atoms. The van der Waals surface area contributed by atoms with Gasteiger partial charge in [0.2, 0.25) is 0 Å². The number of hydrogen-bond acceptors (Lipinski definition) is 3. The minimum Gasteiger partial charge on any atom is -0.478 e. The first-order valence-electron chi connectivity index (χ1n) is 4.88. The summed E-state index contributed by atoms with van der Waals surface area (Å²) in [5, 5.41) is 9.78. The summed E-state index contributed by atoms with van der Waals surface area (Å²) in [5.74, 6) is -0.944. The maximum atomic E-state index is 10.9. The van der Waals surface area contributed by atoms with Gasteiger partial charge in [0.25, 0.3) is 0 Å². The van der Waals surface area contributed by atoms with Crippen LogP contribution in [0.15, 0.2) is 55.4 Å². The van der Waals surface area contributed by atoms with Crippen LogP contribution in [-0.4, -0.2) is 16.1 Å². The summed E-state index contributed by atoms with van der Waals surface area (Å²) in [6.07, 6.45) is 1.73. The fourth-order valence-corrected chi connectivity index (χ4v) is 3.01. The third-order valence-corrected chi connectivity index (χ3v) is 4.16. The number of pyridine rings is 1. The summed E-state index contributed by atoms with van der Waals surface area (Å²) in [5.41, 5.74) is 0.253. The van der Waals surface area contributed by atoms with Crippen LogP contribution in [0.1, 0.15) is 10.4 Å². The van der Waals surface area contributed by atoms with Crippen LogP contribution in [0.25, 0.3) is 0 Å². The molecule has 3 nitrogen and oxygen atoms in total. The largest absolute Gasteiger partial charge is 0.478 e. The SMILES string of the molecule is O=C(O)c1ccc(Sc2ccc(Br)cn2)cc1Br. The quantitative estimate of drug-likeness (QED) is 0.843. The maximum Gasteiger partial charge on any atom is 0.336 e. The van der Waals surface area contributed by atoms with E-state index in [2.05, 4.69) is 36.8 Å². The summed E-state index contributed by atoms with van der Waals surface area (Å²) in [7, 11) is 0. The fourth-order valence-electron chi connectivity index (χ4n) is 1.28. The van der Waals surface area contributed by atoms with E-state index in [0.717, 1.165) is 14.4 Å². The van der Waals surface area contributed by atoms with E-state index in [-0.39, 0.29) is 5.56 Å². The number of aromatic nitrogens is 1. The highest BCUT2D eigenvalue weighted by molar-refractivity contribution is 9.10. The molecule has 0 atom stereocenters. The second kappa shape index (κ2) is 5.86. The molecule has 1 N–H and O–H groups in total. The molecular formula is C12H7Br2NO2S. The molecule has 1 aromatic heterocycles. The molecule has 0 amide bonds. The Morgan fingerprint density at radius 1 is 1.22 bits per heavy atom. The Hall–Kier alpha value is -0.850. The van der Waals surface area contributed by atoms with Gasteiger partial charge in [0.15, 0.2) is 0 Å². The smallest absolute Gasteiger partial charge is 0.336 e. The molecule has 0 radical (unpaired) electrons. The number of rotatable bonds is 3. The molecule has 92 valence electrons. The maximum absolute atomic E-state index is 10.9. The van der Waals surface area contributed by atoms with Crippen molar-refractivity contribution in [3.8, 4) is 0 Å². The van der Waals surface area contributed by atoms with Gasteiger partial charge in [0.05, 0.1) is 5.56 Å². The van der Waals surface area contributed by atoms with Gasteiger partial charge in [-0.25, -0.2) is 9.78 Å². The number of hydrogen-bond donors (Lipinski definition) is 1. The first kappa shape index (κ1) is 13.6. The molecule has 0 aliphatic rings. The zero-order valence-electron chi connectivity index (χ0n) is 8.93. The van der Waals surface area contributed by atoms with E-state index in [1.807, 2.05) is 12.1 Å². The zero-order chi connectivity index (χ0) is 13.1. The Balaban J connectivity index is 2.22. The van der Waals surface area contributed by atoms with Crippen LogP contribution in [0.2, 0.25) is 0 Å². The van der Waals surface area contributed by atoms with Gasteiger partial charge in [-0.05, 0) is 62.2 Å². The van der Waals surface area contributed by atoms with Gasteiger partial charge in [-0.1, -0.05) is 11.8 Å². The predicted molar refractivity (Wildman–Crippen MR) is 77.2 cm³/mol.